The lowest BCUT2D eigenvalue weighted by atomic mass is 10.1. The van der Waals surface area contributed by atoms with E-state index in [0.717, 1.165) is 49.1 Å². The molecule has 37 heavy (non-hydrogen) atoms. The molecule has 0 radical (unpaired) electrons. The molecule has 0 bridgehead atoms. The predicted molar refractivity (Wildman–Crippen MR) is 148 cm³/mol. The van der Waals surface area contributed by atoms with Gasteiger partial charge in [-0.3, -0.25) is 4.79 Å². The molecule has 3 aromatic carbocycles. The van der Waals surface area contributed by atoms with E-state index >= 15 is 0 Å². The van der Waals surface area contributed by atoms with Gasteiger partial charge >= 0.3 is 0 Å². The number of pyridine rings is 2. The number of benzene rings is 3. The van der Waals surface area contributed by atoms with Crippen molar-refractivity contribution in [2.75, 3.05) is 5.32 Å². The van der Waals surface area contributed by atoms with Gasteiger partial charge in [0, 0.05) is 33.1 Å². The highest BCUT2D eigenvalue weighted by Gasteiger charge is 2.11. The first-order valence-corrected chi connectivity index (χ1v) is 12.7. The van der Waals surface area contributed by atoms with Gasteiger partial charge in [0.2, 0.25) is 5.91 Å². The summed E-state index contributed by atoms with van der Waals surface area (Å²) in [5.74, 6) is 0.423. The lowest BCUT2D eigenvalue weighted by Crippen LogP contribution is -2.13. The predicted octanol–water partition coefficient (Wildman–Crippen LogP) is 6.44. The number of carbonyl (C=O) groups is 1. The Morgan fingerprint density at radius 1 is 0.919 bits per heavy atom. The molecule has 0 aliphatic rings. The van der Waals surface area contributed by atoms with Gasteiger partial charge in [-0.05, 0) is 60.5 Å². The fourth-order valence-electron chi connectivity index (χ4n) is 3.91. The van der Waals surface area contributed by atoms with Gasteiger partial charge in [-0.2, -0.15) is 0 Å². The summed E-state index contributed by atoms with van der Waals surface area (Å²) in [4.78, 5) is 22.3. The Morgan fingerprint density at radius 3 is 2.51 bits per heavy atom. The van der Waals surface area contributed by atoms with E-state index in [1.54, 1.807) is 18.0 Å². The SMILES string of the molecule is Cc1ccc2c(Nc3cc(OCc4ccccc4)ccc3Sc3ccc(CC(N)=O)cc3)ccnc2n1. The summed E-state index contributed by atoms with van der Waals surface area (Å²) in [6.07, 6.45) is 1.99. The van der Waals surface area contributed by atoms with Gasteiger partial charge in [0.15, 0.2) is 5.65 Å². The highest BCUT2D eigenvalue weighted by Crippen LogP contribution is 2.38. The second-order valence-electron chi connectivity index (χ2n) is 8.63. The van der Waals surface area contributed by atoms with Crippen molar-refractivity contribution in [3.63, 3.8) is 0 Å². The quantitative estimate of drug-likeness (QED) is 0.239. The number of fused-ring (bicyclic) bond motifs is 1. The normalized spacial score (nSPS) is 10.8. The monoisotopic (exact) mass is 506 g/mol. The average molecular weight is 507 g/mol. The molecule has 0 spiro atoms. The zero-order valence-corrected chi connectivity index (χ0v) is 21.2. The minimum absolute atomic E-state index is 0.230. The largest absolute Gasteiger partial charge is 0.489 e. The summed E-state index contributed by atoms with van der Waals surface area (Å²) in [6, 6.07) is 30.0. The molecule has 0 fully saturated rings. The minimum Gasteiger partial charge on any atom is -0.489 e. The van der Waals surface area contributed by atoms with Crippen molar-refractivity contribution in [1.82, 2.24) is 9.97 Å². The topological polar surface area (TPSA) is 90.1 Å². The van der Waals surface area contributed by atoms with E-state index < -0.39 is 0 Å². The van der Waals surface area contributed by atoms with Gasteiger partial charge in [-0.15, -0.1) is 0 Å². The number of nitrogens with zero attached hydrogens (tertiary/aromatic N) is 2. The lowest BCUT2D eigenvalue weighted by Gasteiger charge is -2.16. The summed E-state index contributed by atoms with van der Waals surface area (Å²) in [5, 5.41) is 4.53. The Balaban J connectivity index is 1.45. The number of nitrogens with two attached hydrogens (primary N) is 1. The first kappa shape index (κ1) is 24.3. The number of carbonyl (C=O) groups excluding carboxylic acids is 1. The van der Waals surface area contributed by atoms with E-state index in [-0.39, 0.29) is 12.3 Å². The fourth-order valence-corrected chi connectivity index (χ4v) is 4.79. The van der Waals surface area contributed by atoms with E-state index in [1.165, 1.54) is 0 Å². The zero-order chi connectivity index (χ0) is 25.6. The first-order chi connectivity index (χ1) is 18.0. The Labute approximate surface area is 219 Å². The molecule has 5 aromatic rings. The second kappa shape index (κ2) is 11.1. The Hall–Kier alpha value is -4.36. The molecule has 2 aromatic heterocycles. The maximum atomic E-state index is 11.2. The van der Waals surface area contributed by atoms with E-state index in [0.29, 0.717) is 12.3 Å². The van der Waals surface area contributed by atoms with Gasteiger partial charge in [-0.25, -0.2) is 9.97 Å². The molecule has 6 nitrogen and oxygen atoms in total. The van der Waals surface area contributed by atoms with Crippen LogP contribution in [-0.2, 0) is 17.8 Å². The molecule has 3 N–H and O–H groups in total. The molecule has 0 aliphatic heterocycles. The van der Waals surface area contributed by atoms with Gasteiger partial charge in [0.25, 0.3) is 0 Å². The molecule has 184 valence electrons. The summed E-state index contributed by atoms with van der Waals surface area (Å²) in [5.41, 5.74) is 10.8. The standard InChI is InChI=1S/C30H26N4O2S/c1-20-7-13-25-26(15-16-32-30(25)33-20)34-27-18-23(36-19-22-5-3-2-4-6-22)10-14-28(27)37-24-11-8-21(9-12-24)17-29(31)35/h2-16,18H,17,19H2,1H3,(H2,31,35)(H,32,33,34). The number of aromatic nitrogens is 2. The maximum Gasteiger partial charge on any atom is 0.221 e. The van der Waals surface area contributed by atoms with Crippen LogP contribution in [0.25, 0.3) is 11.0 Å². The molecule has 7 heteroatoms. The number of hydrogen-bond acceptors (Lipinski definition) is 6. The van der Waals surface area contributed by atoms with E-state index in [4.69, 9.17) is 10.5 Å². The van der Waals surface area contributed by atoms with E-state index in [9.17, 15) is 4.79 Å². The number of hydrogen-bond donors (Lipinski definition) is 2. The zero-order valence-electron chi connectivity index (χ0n) is 20.3. The summed E-state index contributed by atoms with van der Waals surface area (Å²) >= 11 is 1.63. The van der Waals surface area contributed by atoms with Crippen LogP contribution in [0.1, 0.15) is 16.8 Å². The number of aryl methyl sites for hydroxylation is 1. The molecule has 0 atom stereocenters. The highest BCUT2D eigenvalue weighted by molar-refractivity contribution is 7.99. The molecule has 0 unspecified atom stereocenters. The number of ether oxygens (including phenoxy) is 1. The van der Waals surface area contributed by atoms with Crippen LogP contribution in [0, 0.1) is 6.92 Å². The molecular weight excluding hydrogens is 480 g/mol. The third-order valence-corrected chi connectivity index (χ3v) is 6.82. The van der Waals surface area contributed by atoms with Gasteiger partial charge < -0.3 is 15.8 Å². The van der Waals surface area contributed by atoms with Crippen molar-refractivity contribution < 1.29 is 9.53 Å². The van der Waals surface area contributed by atoms with Crippen molar-refractivity contribution in [2.24, 2.45) is 5.73 Å². The van der Waals surface area contributed by atoms with Crippen LogP contribution in [0.3, 0.4) is 0 Å². The summed E-state index contributed by atoms with van der Waals surface area (Å²) in [7, 11) is 0. The number of anilines is 2. The smallest absolute Gasteiger partial charge is 0.221 e. The van der Waals surface area contributed by atoms with Crippen molar-refractivity contribution in [1.29, 1.82) is 0 Å². The molecule has 0 aliphatic carbocycles. The van der Waals surface area contributed by atoms with Crippen LogP contribution in [0.5, 0.6) is 5.75 Å². The van der Waals surface area contributed by atoms with Gasteiger partial charge in [0.05, 0.1) is 17.8 Å². The van der Waals surface area contributed by atoms with Crippen LogP contribution in [0.4, 0.5) is 11.4 Å². The summed E-state index contributed by atoms with van der Waals surface area (Å²) < 4.78 is 6.11. The van der Waals surface area contributed by atoms with Crippen LogP contribution in [-0.4, -0.2) is 15.9 Å². The summed E-state index contributed by atoms with van der Waals surface area (Å²) in [6.45, 7) is 2.44. The van der Waals surface area contributed by atoms with Gasteiger partial charge in [-0.1, -0.05) is 54.2 Å². The van der Waals surface area contributed by atoms with Crippen LogP contribution >= 0.6 is 11.8 Å². The van der Waals surface area contributed by atoms with Crippen LogP contribution in [0.15, 0.2) is 107 Å². The average Bonchev–Trinajstić information content (AvgIpc) is 2.90. The van der Waals surface area contributed by atoms with Crippen molar-refractivity contribution in [3.05, 3.63) is 114 Å². The Morgan fingerprint density at radius 2 is 1.73 bits per heavy atom. The lowest BCUT2D eigenvalue weighted by molar-refractivity contribution is -0.117. The van der Waals surface area contributed by atoms with E-state index in [1.807, 2.05) is 91.9 Å². The molecular formula is C30H26N4O2S. The minimum atomic E-state index is -0.341. The molecule has 0 saturated carbocycles. The van der Waals surface area contributed by atoms with Crippen molar-refractivity contribution in [2.45, 2.75) is 29.7 Å². The number of primary amides is 1. The number of rotatable bonds is 9. The van der Waals surface area contributed by atoms with E-state index in [2.05, 4.69) is 21.4 Å². The molecule has 2 heterocycles. The van der Waals surface area contributed by atoms with Crippen molar-refractivity contribution >= 4 is 40.1 Å². The van der Waals surface area contributed by atoms with Gasteiger partial charge in [0.1, 0.15) is 12.4 Å². The Kier molecular flexibility index (Phi) is 7.33. The Bertz CT molecular complexity index is 1540. The third-order valence-electron chi connectivity index (χ3n) is 5.74. The number of nitrogens with one attached hydrogen (secondary N) is 1. The third kappa shape index (κ3) is 6.26. The van der Waals surface area contributed by atoms with Crippen LogP contribution in [0.2, 0.25) is 0 Å². The maximum absolute atomic E-state index is 11.2. The highest BCUT2D eigenvalue weighted by atomic mass is 32.2. The van der Waals surface area contributed by atoms with Crippen LogP contribution < -0.4 is 15.8 Å². The molecule has 1 amide bonds. The molecule has 5 rings (SSSR count). The fraction of sp³-hybridized carbons (Fsp3) is 0.100. The second-order valence-corrected chi connectivity index (χ2v) is 9.74. The van der Waals surface area contributed by atoms with Crippen molar-refractivity contribution in [3.8, 4) is 5.75 Å². The molecule has 0 saturated heterocycles. The number of amides is 1. The first-order valence-electron chi connectivity index (χ1n) is 11.9.